The molecule has 0 spiro atoms. The summed E-state index contributed by atoms with van der Waals surface area (Å²) in [5.74, 6) is 0. The second kappa shape index (κ2) is 12.4. The zero-order valence-corrected chi connectivity index (χ0v) is 28.7. The lowest BCUT2D eigenvalue weighted by Crippen LogP contribution is -2.76. The minimum atomic E-state index is -2.61. The number of rotatable bonds is 6. The first kappa shape index (κ1) is 29.5. The van der Waals surface area contributed by atoms with Gasteiger partial charge in [0.05, 0.1) is 5.69 Å². The summed E-state index contributed by atoms with van der Waals surface area (Å²) >= 11 is 1.93. The first-order chi connectivity index (χ1) is 24.3. The molecule has 232 valence electrons. The van der Waals surface area contributed by atoms with Gasteiger partial charge in [-0.3, -0.25) is 0 Å². The van der Waals surface area contributed by atoms with Crippen molar-refractivity contribution in [3.63, 3.8) is 0 Å². The standard InChI is InChI=1S/C46H33NSSi/c1-4-18-36(19-5-1)47(42-26-14-17-34-16-10-11-24-40(34)42)37-32-30-35(31-33-37)41-25-15-29-45-46(41)48-43-27-12-13-28-44(43)49(45,38-20-6-2-7-21-38)39-22-8-3-9-23-39/h1-33H. The molecule has 8 aromatic rings. The summed E-state index contributed by atoms with van der Waals surface area (Å²) < 4.78 is 0. The van der Waals surface area contributed by atoms with E-state index < -0.39 is 8.07 Å². The maximum atomic E-state index is 2.40. The van der Waals surface area contributed by atoms with Gasteiger partial charge < -0.3 is 4.90 Å². The first-order valence-electron chi connectivity index (χ1n) is 16.8. The molecular formula is C46H33NSSi. The van der Waals surface area contributed by atoms with Crippen molar-refractivity contribution < 1.29 is 0 Å². The Morgan fingerprint density at radius 3 is 1.69 bits per heavy atom. The van der Waals surface area contributed by atoms with E-state index in [9.17, 15) is 0 Å². The lowest BCUT2D eigenvalue weighted by atomic mass is 10.0. The zero-order chi connectivity index (χ0) is 32.6. The van der Waals surface area contributed by atoms with Crippen molar-refractivity contribution in [3.8, 4) is 11.1 Å². The predicted molar refractivity (Wildman–Crippen MR) is 212 cm³/mol. The van der Waals surface area contributed by atoms with Crippen molar-refractivity contribution >= 4 is 68.4 Å². The smallest absolute Gasteiger partial charge is 0.181 e. The third kappa shape index (κ3) is 4.93. The Labute approximate surface area is 293 Å². The van der Waals surface area contributed by atoms with Crippen LogP contribution in [-0.4, -0.2) is 8.07 Å². The van der Waals surface area contributed by atoms with Crippen LogP contribution >= 0.6 is 11.8 Å². The number of nitrogens with zero attached hydrogens (tertiary/aromatic N) is 1. The Balaban J connectivity index is 1.22. The first-order valence-corrected chi connectivity index (χ1v) is 19.6. The number of hydrogen-bond acceptors (Lipinski definition) is 2. The molecule has 0 unspecified atom stereocenters. The maximum Gasteiger partial charge on any atom is 0.181 e. The average molecular weight is 660 g/mol. The van der Waals surface area contributed by atoms with E-state index in [1.807, 2.05) is 11.8 Å². The number of hydrogen-bond donors (Lipinski definition) is 0. The molecular weight excluding hydrogens is 627 g/mol. The summed E-state index contributed by atoms with van der Waals surface area (Å²) in [7, 11) is -2.61. The molecule has 0 atom stereocenters. The SMILES string of the molecule is c1ccc(N(c2ccc(-c3cccc4c3Sc3ccccc3[Si]4(c3ccccc3)c3ccccc3)cc2)c2cccc3ccccc23)cc1. The summed E-state index contributed by atoms with van der Waals surface area (Å²) in [5.41, 5.74) is 5.94. The summed E-state index contributed by atoms with van der Waals surface area (Å²) in [6, 6.07) is 73.6. The summed E-state index contributed by atoms with van der Waals surface area (Å²) in [5, 5.41) is 8.21. The number of benzene rings is 8. The minimum absolute atomic E-state index is 1.13. The van der Waals surface area contributed by atoms with Crippen LogP contribution in [0.15, 0.2) is 210 Å². The van der Waals surface area contributed by atoms with Crippen LogP contribution in [0.2, 0.25) is 0 Å². The molecule has 8 aromatic carbocycles. The molecule has 3 heteroatoms. The van der Waals surface area contributed by atoms with Crippen LogP contribution in [0, 0.1) is 0 Å². The summed E-state index contributed by atoms with van der Waals surface area (Å²) in [6.07, 6.45) is 0. The van der Waals surface area contributed by atoms with Gasteiger partial charge in [0.1, 0.15) is 0 Å². The van der Waals surface area contributed by atoms with Gasteiger partial charge in [-0.1, -0.05) is 176 Å². The molecule has 9 rings (SSSR count). The van der Waals surface area contributed by atoms with Crippen molar-refractivity contribution in [1.82, 2.24) is 0 Å². The molecule has 0 aliphatic carbocycles. The van der Waals surface area contributed by atoms with E-state index in [0.29, 0.717) is 0 Å². The van der Waals surface area contributed by atoms with Crippen LogP contribution in [0.25, 0.3) is 21.9 Å². The van der Waals surface area contributed by atoms with E-state index in [2.05, 4.69) is 205 Å². The van der Waals surface area contributed by atoms with Gasteiger partial charge in [0, 0.05) is 26.6 Å². The fraction of sp³-hybridized carbons (Fsp3) is 0. The molecule has 0 fully saturated rings. The Morgan fingerprint density at radius 2 is 0.959 bits per heavy atom. The Bertz CT molecular complexity index is 2360. The topological polar surface area (TPSA) is 3.24 Å². The zero-order valence-electron chi connectivity index (χ0n) is 26.9. The van der Waals surface area contributed by atoms with Gasteiger partial charge in [0.15, 0.2) is 8.07 Å². The molecule has 0 radical (unpaired) electrons. The van der Waals surface area contributed by atoms with Crippen LogP contribution < -0.4 is 25.6 Å². The van der Waals surface area contributed by atoms with Crippen LogP contribution in [0.1, 0.15) is 0 Å². The molecule has 0 saturated carbocycles. The number of anilines is 3. The highest BCUT2D eigenvalue weighted by molar-refractivity contribution is 8.00. The minimum Gasteiger partial charge on any atom is -0.310 e. The van der Waals surface area contributed by atoms with Gasteiger partial charge in [-0.05, 0) is 73.7 Å². The van der Waals surface area contributed by atoms with E-state index >= 15 is 0 Å². The number of fused-ring (bicyclic) bond motifs is 3. The average Bonchev–Trinajstić information content (AvgIpc) is 3.18. The predicted octanol–water partition coefficient (Wildman–Crippen LogP) is 9.82. The quantitative estimate of drug-likeness (QED) is 0.164. The summed E-state index contributed by atoms with van der Waals surface area (Å²) in [4.78, 5) is 5.09. The second-order valence-electron chi connectivity index (χ2n) is 12.5. The highest BCUT2D eigenvalue weighted by Gasteiger charge is 2.47. The normalized spacial score (nSPS) is 13.0. The number of para-hydroxylation sites is 1. The second-order valence-corrected chi connectivity index (χ2v) is 17.3. The van der Waals surface area contributed by atoms with Gasteiger partial charge in [0.25, 0.3) is 0 Å². The Morgan fingerprint density at radius 1 is 0.408 bits per heavy atom. The lowest BCUT2D eigenvalue weighted by molar-refractivity contribution is 1.30. The molecule has 0 bridgehead atoms. The third-order valence-corrected chi connectivity index (χ3v) is 16.2. The molecule has 1 aliphatic rings. The van der Waals surface area contributed by atoms with Crippen molar-refractivity contribution in [2.24, 2.45) is 0 Å². The van der Waals surface area contributed by atoms with Gasteiger partial charge in [-0.15, -0.1) is 0 Å². The van der Waals surface area contributed by atoms with Crippen molar-refractivity contribution in [2.75, 3.05) is 4.90 Å². The molecule has 1 heterocycles. The largest absolute Gasteiger partial charge is 0.310 e. The fourth-order valence-electron chi connectivity index (χ4n) is 7.65. The van der Waals surface area contributed by atoms with Crippen LogP contribution in [-0.2, 0) is 0 Å². The third-order valence-electron chi connectivity index (χ3n) is 9.79. The van der Waals surface area contributed by atoms with E-state index in [1.54, 1.807) is 0 Å². The molecule has 0 aromatic heterocycles. The molecule has 1 nitrogen and oxygen atoms in total. The summed E-state index contributed by atoms with van der Waals surface area (Å²) in [6.45, 7) is 0. The van der Waals surface area contributed by atoms with E-state index in [4.69, 9.17) is 0 Å². The highest BCUT2D eigenvalue weighted by atomic mass is 32.2. The Hall–Kier alpha value is -5.61. The van der Waals surface area contributed by atoms with Gasteiger partial charge in [-0.25, -0.2) is 0 Å². The molecule has 0 amide bonds. The molecule has 49 heavy (non-hydrogen) atoms. The van der Waals surface area contributed by atoms with Crippen LogP contribution in [0.5, 0.6) is 0 Å². The maximum absolute atomic E-state index is 2.61. The van der Waals surface area contributed by atoms with E-state index in [-0.39, 0.29) is 0 Å². The molecule has 1 aliphatic heterocycles. The van der Waals surface area contributed by atoms with Crippen molar-refractivity contribution in [2.45, 2.75) is 9.79 Å². The fourth-order valence-corrected chi connectivity index (χ4v) is 14.8. The van der Waals surface area contributed by atoms with Gasteiger partial charge >= 0.3 is 0 Å². The molecule has 0 N–H and O–H groups in total. The van der Waals surface area contributed by atoms with E-state index in [0.717, 1.165) is 11.4 Å². The van der Waals surface area contributed by atoms with Crippen LogP contribution in [0.3, 0.4) is 0 Å². The highest BCUT2D eigenvalue weighted by Crippen LogP contribution is 2.42. The Kier molecular flexibility index (Phi) is 7.50. The van der Waals surface area contributed by atoms with E-state index in [1.165, 1.54) is 58.1 Å². The van der Waals surface area contributed by atoms with Gasteiger partial charge in [0.2, 0.25) is 0 Å². The lowest BCUT2D eigenvalue weighted by Gasteiger charge is -2.40. The molecule has 0 saturated heterocycles. The van der Waals surface area contributed by atoms with Gasteiger partial charge in [-0.2, -0.15) is 0 Å². The van der Waals surface area contributed by atoms with Crippen molar-refractivity contribution in [3.05, 3.63) is 200 Å². The van der Waals surface area contributed by atoms with Crippen LogP contribution in [0.4, 0.5) is 17.1 Å². The van der Waals surface area contributed by atoms with Crippen molar-refractivity contribution in [1.29, 1.82) is 0 Å². The monoisotopic (exact) mass is 659 g/mol.